The lowest BCUT2D eigenvalue weighted by Gasteiger charge is -2.03. The molecule has 3 rings (SSSR count). The van der Waals surface area contributed by atoms with Crippen LogP contribution in [0.3, 0.4) is 0 Å². The SMILES string of the molecule is Fc1ccccc1-c1ccc2[nH]ccc2c1. The van der Waals surface area contributed by atoms with Gasteiger partial charge >= 0.3 is 0 Å². The Labute approximate surface area is 92.5 Å². The predicted octanol–water partition coefficient (Wildman–Crippen LogP) is 3.97. The van der Waals surface area contributed by atoms with Crippen molar-refractivity contribution >= 4 is 10.9 Å². The molecule has 1 N–H and O–H groups in total. The van der Waals surface area contributed by atoms with Crippen LogP contribution in [-0.2, 0) is 0 Å². The Bertz CT molecular complexity index is 640. The number of nitrogens with one attached hydrogen (secondary N) is 1. The molecule has 1 heterocycles. The lowest BCUT2D eigenvalue weighted by Crippen LogP contribution is -1.82. The van der Waals surface area contributed by atoms with E-state index in [2.05, 4.69) is 4.98 Å². The van der Waals surface area contributed by atoms with Crippen molar-refractivity contribution in [2.24, 2.45) is 0 Å². The molecule has 3 aromatic rings. The standard InChI is InChI=1S/C14H10FN/c15-13-4-2-1-3-12(13)10-5-6-14-11(9-10)7-8-16-14/h1-9,16H. The van der Waals surface area contributed by atoms with Gasteiger partial charge in [-0.25, -0.2) is 4.39 Å². The number of rotatable bonds is 1. The first-order valence-corrected chi connectivity index (χ1v) is 5.17. The smallest absolute Gasteiger partial charge is 0.131 e. The highest BCUT2D eigenvalue weighted by Crippen LogP contribution is 2.25. The van der Waals surface area contributed by atoms with Gasteiger partial charge in [0.1, 0.15) is 5.82 Å². The van der Waals surface area contributed by atoms with Crippen LogP contribution in [0.4, 0.5) is 4.39 Å². The molecule has 0 aliphatic heterocycles. The summed E-state index contributed by atoms with van der Waals surface area (Å²) in [5.41, 5.74) is 2.62. The second-order valence-corrected chi connectivity index (χ2v) is 3.76. The molecule has 0 spiro atoms. The zero-order valence-corrected chi connectivity index (χ0v) is 8.57. The van der Waals surface area contributed by atoms with Gasteiger partial charge in [-0.05, 0) is 35.2 Å². The van der Waals surface area contributed by atoms with Crippen LogP contribution in [0.2, 0.25) is 0 Å². The minimum atomic E-state index is -0.183. The van der Waals surface area contributed by atoms with E-state index in [4.69, 9.17) is 0 Å². The Hall–Kier alpha value is -2.09. The third-order valence-electron chi connectivity index (χ3n) is 2.74. The number of hydrogen-bond acceptors (Lipinski definition) is 0. The maximum atomic E-state index is 13.6. The van der Waals surface area contributed by atoms with E-state index >= 15 is 0 Å². The Morgan fingerprint density at radius 1 is 0.938 bits per heavy atom. The van der Waals surface area contributed by atoms with Crippen molar-refractivity contribution in [1.29, 1.82) is 0 Å². The molecule has 2 heteroatoms. The highest BCUT2D eigenvalue weighted by atomic mass is 19.1. The summed E-state index contributed by atoms with van der Waals surface area (Å²) < 4.78 is 13.6. The van der Waals surface area contributed by atoms with E-state index in [9.17, 15) is 4.39 Å². The quantitative estimate of drug-likeness (QED) is 0.626. The minimum Gasteiger partial charge on any atom is -0.361 e. The van der Waals surface area contributed by atoms with E-state index in [1.54, 1.807) is 12.1 Å². The number of H-pyrrole nitrogens is 1. The van der Waals surface area contributed by atoms with E-state index < -0.39 is 0 Å². The molecule has 0 bridgehead atoms. The summed E-state index contributed by atoms with van der Waals surface area (Å²) in [4.78, 5) is 3.12. The summed E-state index contributed by atoms with van der Waals surface area (Å²) in [5, 5.41) is 1.10. The van der Waals surface area contributed by atoms with Gasteiger partial charge in [0.25, 0.3) is 0 Å². The molecule has 1 nitrogen and oxygen atoms in total. The zero-order valence-electron chi connectivity index (χ0n) is 8.57. The van der Waals surface area contributed by atoms with Crippen molar-refractivity contribution in [1.82, 2.24) is 4.98 Å². The van der Waals surface area contributed by atoms with Crippen LogP contribution in [0, 0.1) is 5.82 Å². The van der Waals surface area contributed by atoms with Gasteiger partial charge in [-0.15, -0.1) is 0 Å². The van der Waals surface area contributed by atoms with Gasteiger partial charge in [0.15, 0.2) is 0 Å². The molecule has 0 saturated carbocycles. The topological polar surface area (TPSA) is 15.8 Å². The van der Waals surface area contributed by atoms with Gasteiger partial charge < -0.3 is 4.98 Å². The number of fused-ring (bicyclic) bond motifs is 1. The van der Waals surface area contributed by atoms with Crippen molar-refractivity contribution in [2.75, 3.05) is 0 Å². The van der Waals surface area contributed by atoms with Crippen molar-refractivity contribution in [2.45, 2.75) is 0 Å². The Morgan fingerprint density at radius 3 is 2.69 bits per heavy atom. The number of hydrogen-bond donors (Lipinski definition) is 1. The predicted molar refractivity (Wildman–Crippen MR) is 63.7 cm³/mol. The second kappa shape index (κ2) is 3.49. The maximum Gasteiger partial charge on any atom is 0.131 e. The van der Waals surface area contributed by atoms with Crippen LogP contribution in [0.15, 0.2) is 54.7 Å². The molecule has 0 radical (unpaired) electrons. The zero-order chi connectivity index (χ0) is 11.0. The molecule has 0 fully saturated rings. The Morgan fingerprint density at radius 2 is 1.81 bits per heavy atom. The third-order valence-corrected chi connectivity index (χ3v) is 2.74. The Kier molecular flexibility index (Phi) is 2.00. The average molecular weight is 211 g/mol. The van der Waals surface area contributed by atoms with E-state index in [0.717, 1.165) is 16.5 Å². The second-order valence-electron chi connectivity index (χ2n) is 3.76. The summed E-state index contributed by atoms with van der Waals surface area (Å²) in [6, 6.07) is 14.7. The van der Waals surface area contributed by atoms with Crippen molar-refractivity contribution in [3.8, 4) is 11.1 Å². The normalized spacial score (nSPS) is 10.8. The van der Waals surface area contributed by atoms with Crippen molar-refractivity contribution < 1.29 is 4.39 Å². The van der Waals surface area contributed by atoms with Crippen LogP contribution >= 0.6 is 0 Å². The number of aromatic nitrogens is 1. The number of benzene rings is 2. The first-order chi connectivity index (χ1) is 7.84. The lowest BCUT2D eigenvalue weighted by atomic mass is 10.0. The molecule has 16 heavy (non-hydrogen) atoms. The van der Waals surface area contributed by atoms with Gasteiger partial charge in [-0.3, -0.25) is 0 Å². The summed E-state index contributed by atoms with van der Waals surface area (Å²) >= 11 is 0. The van der Waals surface area contributed by atoms with Crippen LogP contribution in [0.5, 0.6) is 0 Å². The van der Waals surface area contributed by atoms with Crippen LogP contribution in [0.1, 0.15) is 0 Å². The molecule has 0 amide bonds. The van der Waals surface area contributed by atoms with Gasteiger partial charge in [-0.1, -0.05) is 24.3 Å². The van der Waals surface area contributed by atoms with Crippen LogP contribution < -0.4 is 0 Å². The monoisotopic (exact) mass is 211 g/mol. The molecular formula is C14H10FN. The van der Waals surface area contributed by atoms with Crippen LogP contribution in [0.25, 0.3) is 22.0 Å². The summed E-state index contributed by atoms with van der Waals surface area (Å²) in [6.45, 7) is 0. The molecule has 0 atom stereocenters. The first-order valence-electron chi connectivity index (χ1n) is 5.17. The van der Waals surface area contributed by atoms with E-state index in [1.807, 2.05) is 36.5 Å². The van der Waals surface area contributed by atoms with Crippen LogP contribution in [-0.4, -0.2) is 4.98 Å². The molecule has 0 aliphatic rings. The molecule has 78 valence electrons. The lowest BCUT2D eigenvalue weighted by molar-refractivity contribution is 0.631. The molecule has 2 aromatic carbocycles. The number of halogens is 1. The molecule has 0 saturated heterocycles. The van der Waals surface area contributed by atoms with Gasteiger partial charge in [0.05, 0.1) is 0 Å². The third kappa shape index (κ3) is 1.39. The van der Waals surface area contributed by atoms with E-state index in [-0.39, 0.29) is 5.82 Å². The van der Waals surface area contributed by atoms with Gasteiger partial charge in [0.2, 0.25) is 0 Å². The van der Waals surface area contributed by atoms with Gasteiger partial charge in [-0.2, -0.15) is 0 Å². The largest absolute Gasteiger partial charge is 0.361 e. The summed E-state index contributed by atoms with van der Waals surface area (Å²) in [7, 11) is 0. The molecular weight excluding hydrogens is 201 g/mol. The Balaban J connectivity index is 2.22. The van der Waals surface area contributed by atoms with E-state index in [0.29, 0.717) is 5.56 Å². The van der Waals surface area contributed by atoms with E-state index in [1.165, 1.54) is 6.07 Å². The summed E-state index contributed by atoms with van der Waals surface area (Å²) in [5.74, 6) is -0.183. The minimum absolute atomic E-state index is 0.183. The van der Waals surface area contributed by atoms with Crippen molar-refractivity contribution in [3.63, 3.8) is 0 Å². The summed E-state index contributed by atoms with van der Waals surface area (Å²) in [6.07, 6.45) is 1.88. The highest BCUT2D eigenvalue weighted by Gasteiger charge is 2.04. The average Bonchev–Trinajstić information content (AvgIpc) is 2.76. The fraction of sp³-hybridized carbons (Fsp3) is 0. The fourth-order valence-electron chi connectivity index (χ4n) is 1.92. The highest BCUT2D eigenvalue weighted by molar-refractivity contribution is 5.85. The molecule has 0 unspecified atom stereocenters. The van der Waals surface area contributed by atoms with Gasteiger partial charge in [0, 0.05) is 17.3 Å². The molecule has 1 aromatic heterocycles. The first kappa shape index (κ1) is 9.16. The fourth-order valence-corrected chi connectivity index (χ4v) is 1.92. The molecule has 0 aliphatic carbocycles. The number of aromatic amines is 1. The maximum absolute atomic E-state index is 13.6. The van der Waals surface area contributed by atoms with Crippen molar-refractivity contribution in [3.05, 3.63) is 60.5 Å².